The zero-order valence-electron chi connectivity index (χ0n) is 16.5. The molecule has 9 heteroatoms. The first kappa shape index (κ1) is 20.2. The van der Waals surface area contributed by atoms with Crippen LogP contribution < -0.4 is 16.2 Å². The van der Waals surface area contributed by atoms with Gasteiger partial charge in [0.05, 0.1) is 18.8 Å². The molecule has 0 saturated carbocycles. The van der Waals surface area contributed by atoms with Gasteiger partial charge in [0.1, 0.15) is 5.52 Å². The smallest absolute Gasteiger partial charge is 0.327 e. The number of anilines is 1. The Balaban J connectivity index is 2.14. The van der Waals surface area contributed by atoms with Crippen molar-refractivity contribution >= 4 is 17.0 Å². The largest absolute Gasteiger partial charge is 0.463 e. The molecule has 26 heavy (non-hydrogen) atoms. The molecule has 9 nitrogen and oxygen atoms in total. The van der Waals surface area contributed by atoms with Crippen LogP contribution in [-0.4, -0.2) is 60.9 Å². The van der Waals surface area contributed by atoms with E-state index >= 15 is 0 Å². The van der Waals surface area contributed by atoms with E-state index in [0.717, 1.165) is 13.0 Å². The molecule has 0 aromatic carbocycles. The van der Waals surface area contributed by atoms with E-state index in [9.17, 15) is 9.90 Å². The van der Waals surface area contributed by atoms with E-state index in [1.807, 2.05) is 0 Å². The van der Waals surface area contributed by atoms with Crippen LogP contribution in [0, 0.1) is 0 Å². The number of hydrogen-bond acceptors (Lipinski definition) is 7. The van der Waals surface area contributed by atoms with Crippen molar-refractivity contribution in [3.63, 3.8) is 0 Å². The van der Waals surface area contributed by atoms with E-state index < -0.39 is 11.3 Å². The summed E-state index contributed by atoms with van der Waals surface area (Å²) in [5.41, 5.74) is 5.23. The molecule has 0 aliphatic carbocycles. The van der Waals surface area contributed by atoms with Crippen LogP contribution in [0.2, 0.25) is 0 Å². The first-order valence-corrected chi connectivity index (χ1v) is 8.71. The molecule has 0 aliphatic rings. The molecular formula is C17H30N6O3. The van der Waals surface area contributed by atoms with Gasteiger partial charge in [-0.3, -0.25) is 4.57 Å². The summed E-state index contributed by atoms with van der Waals surface area (Å²) in [6.07, 6.45) is 0.804. The van der Waals surface area contributed by atoms with Gasteiger partial charge in [-0.15, -0.1) is 0 Å². The Labute approximate surface area is 153 Å². The predicted octanol–water partition coefficient (Wildman–Crippen LogP) is 0.972. The number of aromatic amines is 1. The molecule has 2 aromatic heterocycles. The lowest BCUT2D eigenvalue weighted by molar-refractivity contribution is 0.0615. The summed E-state index contributed by atoms with van der Waals surface area (Å²) in [5, 5.41) is 10.0. The van der Waals surface area contributed by atoms with Gasteiger partial charge in [0.25, 0.3) is 0 Å². The van der Waals surface area contributed by atoms with E-state index in [2.05, 4.69) is 47.7 Å². The predicted molar refractivity (Wildman–Crippen MR) is 101 cm³/mol. The van der Waals surface area contributed by atoms with Gasteiger partial charge in [0, 0.05) is 12.1 Å². The van der Waals surface area contributed by atoms with Crippen LogP contribution in [0.15, 0.2) is 4.79 Å². The van der Waals surface area contributed by atoms with Crippen LogP contribution >= 0.6 is 0 Å². The molecule has 0 amide bonds. The SMILES string of the molecule is CN(CCCOc1nc(N)c2[nH]c(=O)n(CC(C)(C)O)c2n1)C(C)(C)C. The van der Waals surface area contributed by atoms with E-state index in [1.54, 1.807) is 13.8 Å². The number of H-pyrrole nitrogens is 1. The molecule has 0 bridgehead atoms. The molecule has 0 spiro atoms. The average Bonchev–Trinajstić information content (AvgIpc) is 2.78. The number of fused-ring (bicyclic) bond motifs is 1. The van der Waals surface area contributed by atoms with Crippen molar-refractivity contribution in [1.82, 2.24) is 24.4 Å². The molecule has 2 rings (SSSR count). The molecule has 146 valence electrons. The minimum absolute atomic E-state index is 0.0815. The number of nitrogen functional groups attached to an aromatic ring is 1. The van der Waals surface area contributed by atoms with Crippen LogP contribution in [0.1, 0.15) is 41.0 Å². The van der Waals surface area contributed by atoms with Crippen molar-refractivity contribution in [2.45, 2.75) is 58.7 Å². The summed E-state index contributed by atoms with van der Waals surface area (Å²) in [7, 11) is 2.07. The van der Waals surface area contributed by atoms with E-state index in [1.165, 1.54) is 4.57 Å². The van der Waals surface area contributed by atoms with Gasteiger partial charge in [0.15, 0.2) is 11.5 Å². The maximum Gasteiger partial charge on any atom is 0.327 e. The fourth-order valence-electron chi connectivity index (χ4n) is 2.43. The summed E-state index contributed by atoms with van der Waals surface area (Å²) in [4.78, 5) is 25.4. The number of nitrogens with one attached hydrogen (secondary N) is 1. The first-order valence-electron chi connectivity index (χ1n) is 8.71. The molecule has 0 fully saturated rings. The summed E-state index contributed by atoms with van der Waals surface area (Å²) in [6.45, 7) is 11.1. The lowest BCUT2D eigenvalue weighted by Crippen LogP contribution is -2.39. The normalized spacial score (nSPS) is 12.9. The first-order chi connectivity index (χ1) is 11.9. The highest BCUT2D eigenvalue weighted by Crippen LogP contribution is 2.19. The minimum atomic E-state index is -1.07. The second-order valence-electron chi connectivity index (χ2n) is 8.21. The highest BCUT2D eigenvalue weighted by Gasteiger charge is 2.21. The van der Waals surface area contributed by atoms with Crippen LogP contribution in [0.4, 0.5) is 5.82 Å². The van der Waals surface area contributed by atoms with Gasteiger partial charge < -0.3 is 25.5 Å². The fourth-order valence-corrected chi connectivity index (χ4v) is 2.43. The molecule has 0 atom stereocenters. The maximum atomic E-state index is 12.1. The van der Waals surface area contributed by atoms with E-state index in [0.29, 0.717) is 17.8 Å². The lowest BCUT2D eigenvalue weighted by Gasteiger charge is -2.31. The van der Waals surface area contributed by atoms with E-state index in [4.69, 9.17) is 10.5 Å². The Kier molecular flexibility index (Phi) is 5.62. The zero-order valence-corrected chi connectivity index (χ0v) is 16.5. The van der Waals surface area contributed by atoms with E-state index in [-0.39, 0.29) is 23.9 Å². The number of aliphatic hydroxyl groups is 1. The van der Waals surface area contributed by atoms with Gasteiger partial charge in [-0.25, -0.2) is 4.79 Å². The van der Waals surface area contributed by atoms with Crippen LogP contribution in [-0.2, 0) is 6.54 Å². The maximum absolute atomic E-state index is 12.1. The van der Waals surface area contributed by atoms with Crippen molar-refractivity contribution in [2.24, 2.45) is 0 Å². The molecule has 2 aromatic rings. The summed E-state index contributed by atoms with van der Waals surface area (Å²) in [6, 6.07) is 0.122. The summed E-state index contributed by atoms with van der Waals surface area (Å²) in [5.74, 6) is 0.142. The van der Waals surface area contributed by atoms with Crippen molar-refractivity contribution < 1.29 is 9.84 Å². The van der Waals surface area contributed by atoms with Crippen molar-refractivity contribution in [3.8, 4) is 6.01 Å². The Morgan fingerprint density at radius 2 is 1.92 bits per heavy atom. The van der Waals surface area contributed by atoms with Gasteiger partial charge >= 0.3 is 11.7 Å². The molecular weight excluding hydrogens is 336 g/mol. The van der Waals surface area contributed by atoms with Crippen molar-refractivity contribution in [1.29, 1.82) is 0 Å². The highest BCUT2D eigenvalue weighted by atomic mass is 16.5. The topological polar surface area (TPSA) is 122 Å². The second-order valence-corrected chi connectivity index (χ2v) is 8.21. The molecule has 2 heterocycles. The number of rotatable bonds is 7. The Bertz CT molecular complexity index is 813. The Morgan fingerprint density at radius 3 is 2.50 bits per heavy atom. The number of ether oxygens (including phenoxy) is 1. The van der Waals surface area contributed by atoms with Gasteiger partial charge in [0.2, 0.25) is 0 Å². The number of hydrogen-bond donors (Lipinski definition) is 3. The number of nitrogens with two attached hydrogens (primary N) is 1. The zero-order chi connectivity index (χ0) is 19.7. The Hall–Kier alpha value is -2.13. The Morgan fingerprint density at radius 1 is 1.27 bits per heavy atom. The lowest BCUT2D eigenvalue weighted by atomic mass is 10.1. The van der Waals surface area contributed by atoms with Gasteiger partial charge in [-0.2, -0.15) is 9.97 Å². The molecule has 0 unspecified atom stereocenters. The summed E-state index contributed by atoms with van der Waals surface area (Å²) < 4.78 is 6.97. The fraction of sp³-hybridized carbons (Fsp3) is 0.706. The molecule has 0 aliphatic heterocycles. The number of imidazole rings is 1. The minimum Gasteiger partial charge on any atom is -0.463 e. The van der Waals surface area contributed by atoms with Crippen LogP contribution in [0.3, 0.4) is 0 Å². The van der Waals surface area contributed by atoms with Gasteiger partial charge in [-0.1, -0.05) is 0 Å². The highest BCUT2D eigenvalue weighted by molar-refractivity contribution is 5.81. The third-order valence-electron chi connectivity index (χ3n) is 4.19. The molecule has 0 radical (unpaired) electrons. The number of aromatic nitrogens is 4. The van der Waals surface area contributed by atoms with Crippen LogP contribution in [0.5, 0.6) is 6.01 Å². The monoisotopic (exact) mass is 366 g/mol. The van der Waals surface area contributed by atoms with Crippen LogP contribution in [0.25, 0.3) is 11.2 Å². The molecule has 0 saturated heterocycles. The third kappa shape index (κ3) is 4.95. The third-order valence-corrected chi connectivity index (χ3v) is 4.19. The van der Waals surface area contributed by atoms with Crippen molar-refractivity contribution in [3.05, 3.63) is 10.5 Å². The van der Waals surface area contributed by atoms with Gasteiger partial charge in [-0.05, 0) is 48.1 Å². The number of nitrogens with zero attached hydrogens (tertiary/aromatic N) is 4. The second kappa shape index (κ2) is 7.24. The average molecular weight is 366 g/mol. The standard InChI is InChI=1S/C17H30N6O3/c1-16(2,3)22(6)8-7-9-26-14-20-12(18)11-13(21-14)23(15(24)19-11)10-17(4,5)25/h25H,7-10H2,1-6H3,(H,19,24)(H2,18,20,21). The summed E-state index contributed by atoms with van der Waals surface area (Å²) >= 11 is 0. The van der Waals surface area contributed by atoms with Crippen molar-refractivity contribution in [2.75, 3.05) is 25.9 Å². The molecule has 4 N–H and O–H groups in total. The quantitative estimate of drug-likeness (QED) is 0.624.